The standard InChI is InChI=1S/C19H32N4O/c1-19(2,3)15-6-5-8-23(9-7-15)18(24)17-12-20-11-16(17)14-10-21-22(4)13-14/h10,13,15-17,20H,5-9,11-12H2,1-4H3/t15?,16-,17+/m1/s1. The Morgan fingerprint density at radius 1 is 1.25 bits per heavy atom. The van der Waals surface area contributed by atoms with Crippen molar-refractivity contribution in [1.29, 1.82) is 0 Å². The van der Waals surface area contributed by atoms with Crippen molar-refractivity contribution in [3.63, 3.8) is 0 Å². The summed E-state index contributed by atoms with van der Waals surface area (Å²) in [5.74, 6) is 1.36. The van der Waals surface area contributed by atoms with Gasteiger partial charge in [0, 0.05) is 45.3 Å². The zero-order chi connectivity index (χ0) is 17.3. The van der Waals surface area contributed by atoms with Crippen LogP contribution in [0.15, 0.2) is 12.4 Å². The third-order valence-corrected chi connectivity index (χ3v) is 5.95. The third kappa shape index (κ3) is 3.66. The van der Waals surface area contributed by atoms with Crippen LogP contribution in [-0.2, 0) is 11.8 Å². The molecule has 1 N–H and O–H groups in total. The number of amides is 1. The third-order valence-electron chi connectivity index (χ3n) is 5.95. The number of aromatic nitrogens is 2. The first-order chi connectivity index (χ1) is 11.4. The molecule has 0 spiro atoms. The molecule has 24 heavy (non-hydrogen) atoms. The molecule has 5 nitrogen and oxygen atoms in total. The van der Waals surface area contributed by atoms with Crippen LogP contribution in [0.5, 0.6) is 0 Å². The lowest BCUT2D eigenvalue weighted by Gasteiger charge is -2.30. The Morgan fingerprint density at radius 3 is 2.71 bits per heavy atom. The number of hydrogen-bond donors (Lipinski definition) is 1. The lowest BCUT2D eigenvalue weighted by molar-refractivity contribution is -0.135. The summed E-state index contributed by atoms with van der Waals surface area (Å²) in [7, 11) is 1.93. The van der Waals surface area contributed by atoms with E-state index >= 15 is 0 Å². The quantitative estimate of drug-likeness (QED) is 0.905. The maximum atomic E-state index is 13.2. The molecule has 2 fully saturated rings. The van der Waals surface area contributed by atoms with E-state index in [0.29, 0.717) is 17.2 Å². The van der Waals surface area contributed by atoms with Gasteiger partial charge in [-0.25, -0.2) is 0 Å². The van der Waals surface area contributed by atoms with Crippen molar-refractivity contribution in [2.24, 2.45) is 24.3 Å². The molecular formula is C19H32N4O. The SMILES string of the molecule is Cn1cc([C@H]2CNC[C@@H]2C(=O)N2CCCC(C(C)(C)C)CC2)cn1. The number of nitrogens with zero attached hydrogens (tertiary/aromatic N) is 3. The molecule has 1 amide bonds. The summed E-state index contributed by atoms with van der Waals surface area (Å²) in [6.45, 7) is 10.5. The second-order valence-electron chi connectivity index (χ2n) is 8.64. The number of hydrogen-bond acceptors (Lipinski definition) is 3. The minimum atomic E-state index is 0.0559. The Bertz CT molecular complexity index is 574. The average Bonchev–Trinajstić information content (AvgIpc) is 3.07. The maximum Gasteiger partial charge on any atom is 0.227 e. The first-order valence-corrected chi connectivity index (χ1v) is 9.34. The smallest absolute Gasteiger partial charge is 0.227 e. The second kappa shape index (κ2) is 6.87. The number of rotatable bonds is 2. The predicted octanol–water partition coefficient (Wildman–Crippen LogP) is 2.40. The van der Waals surface area contributed by atoms with Crippen molar-refractivity contribution >= 4 is 5.91 Å². The Kier molecular flexibility index (Phi) is 5.00. The van der Waals surface area contributed by atoms with Crippen LogP contribution < -0.4 is 5.32 Å². The van der Waals surface area contributed by atoms with Gasteiger partial charge in [-0.05, 0) is 36.2 Å². The van der Waals surface area contributed by atoms with Crippen LogP contribution in [0.3, 0.4) is 0 Å². The Labute approximate surface area is 145 Å². The molecule has 1 aromatic rings. The van der Waals surface area contributed by atoms with Gasteiger partial charge in [-0.3, -0.25) is 9.48 Å². The molecule has 2 aliphatic heterocycles. The lowest BCUT2D eigenvalue weighted by atomic mass is 9.77. The molecule has 3 atom stereocenters. The zero-order valence-corrected chi connectivity index (χ0v) is 15.6. The van der Waals surface area contributed by atoms with Crippen molar-refractivity contribution in [1.82, 2.24) is 20.0 Å². The van der Waals surface area contributed by atoms with Crippen LogP contribution in [0.2, 0.25) is 0 Å². The molecule has 134 valence electrons. The molecule has 0 radical (unpaired) electrons. The summed E-state index contributed by atoms with van der Waals surface area (Å²) < 4.78 is 1.83. The van der Waals surface area contributed by atoms with E-state index in [1.165, 1.54) is 12.0 Å². The van der Waals surface area contributed by atoms with E-state index < -0.39 is 0 Å². The van der Waals surface area contributed by atoms with Gasteiger partial charge in [-0.1, -0.05) is 20.8 Å². The van der Waals surface area contributed by atoms with Crippen LogP contribution in [0.25, 0.3) is 0 Å². The topological polar surface area (TPSA) is 50.2 Å². The number of carbonyl (C=O) groups is 1. The van der Waals surface area contributed by atoms with Crippen molar-refractivity contribution in [3.05, 3.63) is 18.0 Å². The van der Waals surface area contributed by atoms with Gasteiger partial charge in [0.15, 0.2) is 0 Å². The monoisotopic (exact) mass is 332 g/mol. The molecule has 0 saturated carbocycles. The summed E-state index contributed by atoms with van der Waals surface area (Å²) in [6, 6.07) is 0. The molecule has 5 heteroatoms. The minimum absolute atomic E-state index is 0.0559. The summed E-state index contributed by atoms with van der Waals surface area (Å²) in [4.78, 5) is 15.3. The molecule has 1 unspecified atom stereocenters. The van der Waals surface area contributed by atoms with Crippen LogP contribution >= 0.6 is 0 Å². The number of aryl methyl sites for hydroxylation is 1. The van der Waals surface area contributed by atoms with Crippen LogP contribution in [0, 0.1) is 17.3 Å². The van der Waals surface area contributed by atoms with Crippen molar-refractivity contribution in [3.8, 4) is 0 Å². The lowest BCUT2D eigenvalue weighted by Crippen LogP contribution is -2.39. The number of nitrogens with one attached hydrogen (secondary N) is 1. The number of likely N-dealkylation sites (tertiary alicyclic amines) is 1. The Morgan fingerprint density at radius 2 is 2.04 bits per heavy atom. The largest absolute Gasteiger partial charge is 0.342 e. The summed E-state index contributed by atoms with van der Waals surface area (Å²) in [5.41, 5.74) is 1.52. The highest BCUT2D eigenvalue weighted by atomic mass is 16.2. The highest BCUT2D eigenvalue weighted by Crippen LogP contribution is 2.35. The minimum Gasteiger partial charge on any atom is -0.342 e. The van der Waals surface area contributed by atoms with E-state index in [2.05, 4.69) is 42.3 Å². The van der Waals surface area contributed by atoms with E-state index in [1.54, 1.807) is 0 Å². The summed E-state index contributed by atoms with van der Waals surface area (Å²) >= 11 is 0. The fraction of sp³-hybridized carbons (Fsp3) is 0.789. The van der Waals surface area contributed by atoms with Gasteiger partial charge in [-0.2, -0.15) is 5.10 Å². The predicted molar refractivity (Wildman–Crippen MR) is 95.7 cm³/mol. The maximum absolute atomic E-state index is 13.2. The van der Waals surface area contributed by atoms with Crippen molar-refractivity contribution in [2.75, 3.05) is 26.2 Å². The van der Waals surface area contributed by atoms with Crippen molar-refractivity contribution < 1.29 is 4.79 Å². The second-order valence-corrected chi connectivity index (χ2v) is 8.64. The van der Waals surface area contributed by atoms with E-state index in [1.807, 2.05) is 17.9 Å². The number of carbonyl (C=O) groups excluding carboxylic acids is 1. The zero-order valence-electron chi connectivity index (χ0n) is 15.6. The molecular weight excluding hydrogens is 300 g/mol. The van der Waals surface area contributed by atoms with Crippen LogP contribution in [0.1, 0.15) is 51.5 Å². The van der Waals surface area contributed by atoms with E-state index in [9.17, 15) is 4.79 Å². The first-order valence-electron chi connectivity index (χ1n) is 9.34. The highest BCUT2D eigenvalue weighted by molar-refractivity contribution is 5.80. The van der Waals surface area contributed by atoms with Gasteiger partial charge in [0.05, 0.1) is 12.1 Å². The van der Waals surface area contributed by atoms with Gasteiger partial charge in [0.2, 0.25) is 5.91 Å². The molecule has 1 aromatic heterocycles. The van der Waals surface area contributed by atoms with E-state index in [-0.39, 0.29) is 11.8 Å². The van der Waals surface area contributed by atoms with Gasteiger partial charge in [0.25, 0.3) is 0 Å². The van der Waals surface area contributed by atoms with Gasteiger partial charge in [-0.15, -0.1) is 0 Å². The molecule has 0 aliphatic carbocycles. The first kappa shape index (κ1) is 17.5. The van der Waals surface area contributed by atoms with E-state index in [4.69, 9.17) is 0 Å². The normalized spacial score (nSPS) is 28.8. The van der Waals surface area contributed by atoms with Crippen LogP contribution in [-0.4, -0.2) is 46.8 Å². The highest BCUT2D eigenvalue weighted by Gasteiger charge is 2.38. The molecule has 3 rings (SSSR count). The average molecular weight is 332 g/mol. The van der Waals surface area contributed by atoms with Crippen LogP contribution in [0.4, 0.5) is 0 Å². The summed E-state index contributed by atoms with van der Waals surface area (Å²) in [5, 5.41) is 7.70. The molecule has 2 saturated heterocycles. The Balaban J connectivity index is 1.67. The van der Waals surface area contributed by atoms with Gasteiger partial charge >= 0.3 is 0 Å². The van der Waals surface area contributed by atoms with E-state index in [0.717, 1.165) is 39.0 Å². The molecule has 2 aliphatic rings. The van der Waals surface area contributed by atoms with Crippen molar-refractivity contribution in [2.45, 2.75) is 46.0 Å². The fourth-order valence-corrected chi connectivity index (χ4v) is 4.34. The molecule has 3 heterocycles. The van der Waals surface area contributed by atoms with Gasteiger partial charge < -0.3 is 10.2 Å². The summed E-state index contributed by atoms with van der Waals surface area (Å²) in [6.07, 6.45) is 7.46. The molecule has 0 bridgehead atoms. The van der Waals surface area contributed by atoms with Gasteiger partial charge in [0.1, 0.15) is 0 Å². The molecule has 0 aromatic carbocycles. The Hall–Kier alpha value is -1.36. The fourth-order valence-electron chi connectivity index (χ4n) is 4.34.